The Morgan fingerprint density at radius 2 is 1.96 bits per heavy atom. The Morgan fingerprint density at radius 1 is 1.22 bits per heavy atom. The summed E-state index contributed by atoms with van der Waals surface area (Å²) in [5, 5.41) is 0.779. The van der Waals surface area contributed by atoms with Gasteiger partial charge in [-0.2, -0.15) is 0 Å². The van der Waals surface area contributed by atoms with Gasteiger partial charge in [-0.15, -0.1) is 6.58 Å². The Hall–Kier alpha value is -2.40. The van der Waals surface area contributed by atoms with E-state index in [0.29, 0.717) is 12.1 Å². The number of benzene rings is 2. The van der Waals surface area contributed by atoms with Gasteiger partial charge in [-0.3, -0.25) is 4.79 Å². The molecule has 2 aromatic carbocycles. The number of imidazole rings is 1. The normalized spacial score (nSPS) is 10.8. The van der Waals surface area contributed by atoms with Crippen molar-refractivity contribution in [1.29, 1.82) is 0 Å². The number of Topliss-reactive ketones (excluding diaryl/α,β-unsaturated/α-hetero) is 1. The SMILES string of the molecule is C=CCn1c(SCC(=O)c2ccc(F)cc2)nc2ccccc21. The second kappa shape index (κ2) is 6.79. The number of halogens is 1. The van der Waals surface area contributed by atoms with Crippen molar-refractivity contribution in [2.45, 2.75) is 11.7 Å². The molecule has 0 aliphatic heterocycles. The maximum atomic E-state index is 12.9. The number of thioether (sulfide) groups is 1. The Balaban J connectivity index is 1.81. The molecule has 0 saturated carbocycles. The number of aromatic nitrogens is 2. The molecule has 5 heteroatoms. The summed E-state index contributed by atoms with van der Waals surface area (Å²) in [5.41, 5.74) is 2.42. The van der Waals surface area contributed by atoms with E-state index in [1.807, 2.05) is 28.8 Å². The zero-order valence-corrected chi connectivity index (χ0v) is 13.2. The van der Waals surface area contributed by atoms with Crippen molar-refractivity contribution in [3.8, 4) is 0 Å². The van der Waals surface area contributed by atoms with Gasteiger partial charge in [0.2, 0.25) is 0 Å². The molecule has 1 aromatic heterocycles. The van der Waals surface area contributed by atoms with Gasteiger partial charge in [-0.1, -0.05) is 30.0 Å². The van der Waals surface area contributed by atoms with Gasteiger partial charge in [-0.25, -0.2) is 9.37 Å². The molecule has 0 fully saturated rings. The van der Waals surface area contributed by atoms with E-state index in [9.17, 15) is 9.18 Å². The van der Waals surface area contributed by atoms with Gasteiger partial charge in [0.15, 0.2) is 10.9 Å². The first-order valence-corrected chi connectivity index (χ1v) is 8.15. The summed E-state index contributed by atoms with van der Waals surface area (Å²) in [7, 11) is 0. The van der Waals surface area contributed by atoms with E-state index in [2.05, 4.69) is 11.6 Å². The lowest BCUT2D eigenvalue weighted by Crippen LogP contribution is -2.04. The molecule has 0 aliphatic rings. The Kier molecular flexibility index (Phi) is 4.57. The minimum atomic E-state index is -0.345. The van der Waals surface area contributed by atoms with Crippen LogP contribution in [0.5, 0.6) is 0 Å². The first-order valence-electron chi connectivity index (χ1n) is 7.17. The largest absolute Gasteiger partial charge is 0.315 e. The molecule has 3 nitrogen and oxygen atoms in total. The van der Waals surface area contributed by atoms with Crippen molar-refractivity contribution in [1.82, 2.24) is 9.55 Å². The van der Waals surface area contributed by atoms with E-state index in [-0.39, 0.29) is 17.4 Å². The average molecular weight is 326 g/mol. The van der Waals surface area contributed by atoms with Crippen LogP contribution >= 0.6 is 11.8 Å². The van der Waals surface area contributed by atoms with Crippen LogP contribution < -0.4 is 0 Å². The van der Waals surface area contributed by atoms with Crippen LogP contribution in [0.25, 0.3) is 11.0 Å². The van der Waals surface area contributed by atoms with Gasteiger partial charge >= 0.3 is 0 Å². The van der Waals surface area contributed by atoms with Gasteiger partial charge < -0.3 is 4.57 Å². The molecule has 0 radical (unpaired) electrons. The first kappa shape index (κ1) is 15.5. The van der Waals surface area contributed by atoms with Crippen LogP contribution in [0.2, 0.25) is 0 Å². The maximum Gasteiger partial charge on any atom is 0.173 e. The van der Waals surface area contributed by atoms with Crippen molar-refractivity contribution < 1.29 is 9.18 Å². The molecular weight excluding hydrogens is 311 g/mol. The van der Waals surface area contributed by atoms with E-state index >= 15 is 0 Å². The molecule has 0 saturated heterocycles. The van der Waals surface area contributed by atoms with Crippen molar-refractivity contribution in [3.63, 3.8) is 0 Å². The Labute approximate surface area is 137 Å². The number of ketones is 1. The van der Waals surface area contributed by atoms with Crippen LogP contribution in [-0.2, 0) is 6.54 Å². The Bertz CT molecular complexity index is 855. The molecule has 116 valence electrons. The molecule has 0 bridgehead atoms. The van der Waals surface area contributed by atoms with E-state index in [0.717, 1.165) is 16.2 Å². The summed E-state index contributed by atoms with van der Waals surface area (Å²) in [5.74, 6) is -0.138. The van der Waals surface area contributed by atoms with Gasteiger partial charge in [0.1, 0.15) is 5.82 Å². The van der Waals surface area contributed by atoms with Gasteiger partial charge in [0, 0.05) is 12.1 Å². The predicted octanol–water partition coefficient (Wildman–Crippen LogP) is 4.34. The highest BCUT2D eigenvalue weighted by Crippen LogP contribution is 2.24. The number of fused-ring (bicyclic) bond motifs is 1. The summed E-state index contributed by atoms with van der Waals surface area (Å²) in [6.45, 7) is 4.41. The van der Waals surface area contributed by atoms with Crippen LogP contribution in [0.4, 0.5) is 4.39 Å². The predicted molar refractivity (Wildman–Crippen MR) is 91.4 cm³/mol. The number of hydrogen-bond donors (Lipinski definition) is 0. The smallest absolute Gasteiger partial charge is 0.173 e. The highest BCUT2D eigenvalue weighted by atomic mass is 32.2. The van der Waals surface area contributed by atoms with Crippen LogP contribution in [0.3, 0.4) is 0 Å². The molecule has 1 heterocycles. The fraction of sp³-hybridized carbons (Fsp3) is 0.111. The molecule has 23 heavy (non-hydrogen) atoms. The van der Waals surface area contributed by atoms with Gasteiger partial charge in [0.25, 0.3) is 0 Å². The Morgan fingerprint density at radius 3 is 2.70 bits per heavy atom. The maximum absolute atomic E-state index is 12.9. The third kappa shape index (κ3) is 3.35. The van der Waals surface area contributed by atoms with Crippen molar-refractivity contribution in [2.24, 2.45) is 0 Å². The topological polar surface area (TPSA) is 34.9 Å². The summed E-state index contributed by atoms with van der Waals surface area (Å²) in [4.78, 5) is 16.8. The molecule has 0 atom stereocenters. The number of hydrogen-bond acceptors (Lipinski definition) is 3. The van der Waals surface area contributed by atoms with Crippen molar-refractivity contribution in [3.05, 3.63) is 72.6 Å². The number of nitrogens with zero attached hydrogens (tertiary/aromatic N) is 2. The van der Waals surface area contributed by atoms with E-state index in [4.69, 9.17) is 0 Å². The lowest BCUT2D eigenvalue weighted by Gasteiger charge is -2.05. The summed E-state index contributed by atoms with van der Waals surface area (Å²) in [6, 6.07) is 13.4. The van der Waals surface area contributed by atoms with Crippen LogP contribution in [-0.4, -0.2) is 21.1 Å². The number of carbonyl (C=O) groups is 1. The quantitative estimate of drug-likeness (QED) is 0.384. The monoisotopic (exact) mass is 326 g/mol. The summed E-state index contributed by atoms with van der Waals surface area (Å²) in [6.07, 6.45) is 1.81. The zero-order valence-electron chi connectivity index (χ0n) is 12.4. The molecule has 0 unspecified atom stereocenters. The lowest BCUT2D eigenvalue weighted by molar-refractivity contribution is 0.102. The fourth-order valence-electron chi connectivity index (χ4n) is 2.32. The van der Waals surface area contributed by atoms with E-state index in [1.165, 1.54) is 36.0 Å². The molecule has 0 aliphatic carbocycles. The molecular formula is C18H15FN2OS. The number of rotatable bonds is 6. The van der Waals surface area contributed by atoms with Crippen LogP contribution in [0.15, 0.2) is 66.3 Å². The molecule has 0 N–H and O–H groups in total. The second-order valence-electron chi connectivity index (χ2n) is 5.00. The van der Waals surface area contributed by atoms with Gasteiger partial charge in [0.05, 0.1) is 16.8 Å². The minimum absolute atomic E-state index is 0.0489. The van der Waals surface area contributed by atoms with Gasteiger partial charge in [-0.05, 0) is 36.4 Å². The first-order chi connectivity index (χ1) is 11.2. The van der Waals surface area contributed by atoms with Crippen LogP contribution in [0.1, 0.15) is 10.4 Å². The zero-order chi connectivity index (χ0) is 16.2. The average Bonchev–Trinajstić information content (AvgIpc) is 2.92. The number of para-hydroxylation sites is 2. The lowest BCUT2D eigenvalue weighted by atomic mass is 10.1. The fourth-order valence-corrected chi connectivity index (χ4v) is 3.24. The highest BCUT2D eigenvalue weighted by molar-refractivity contribution is 7.99. The summed E-state index contributed by atoms with van der Waals surface area (Å²) >= 11 is 1.38. The van der Waals surface area contributed by atoms with E-state index in [1.54, 1.807) is 6.08 Å². The standard InChI is InChI=1S/C18H15FN2OS/c1-2-11-21-16-6-4-3-5-15(16)20-18(21)23-12-17(22)13-7-9-14(19)10-8-13/h2-10H,1,11-12H2. The summed E-state index contributed by atoms with van der Waals surface area (Å²) < 4.78 is 15.0. The van der Waals surface area contributed by atoms with E-state index < -0.39 is 0 Å². The number of carbonyl (C=O) groups excluding carboxylic acids is 1. The van der Waals surface area contributed by atoms with Crippen molar-refractivity contribution in [2.75, 3.05) is 5.75 Å². The number of allylic oxidation sites excluding steroid dienone is 1. The van der Waals surface area contributed by atoms with Crippen molar-refractivity contribution >= 4 is 28.6 Å². The second-order valence-corrected chi connectivity index (χ2v) is 5.94. The van der Waals surface area contributed by atoms with Crippen LogP contribution in [0, 0.1) is 5.82 Å². The third-order valence-electron chi connectivity index (χ3n) is 3.43. The highest BCUT2D eigenvalue weighted by Gasteiger charge is 2.13. The third-order valence-corrected chi connectivity index (χ3v) is 4.41. The molecule has 0 amide bonds. The molecule has 0 spiro atoms. The molecule has 3 aromatic rings. The minimum Gasteiger partial charge on any atom is -0.315 e. The molecule has 3 rings (SSSR count).